The van der Waals surface area contributed by atoms with Gasteiger partial charge in [-0.1, -0.05) is 0 Å². The predicted octanol–water partition coefficient (Wildman–Crippen LogP) is 4.31. The van der Waals surface area contributed by atoms with Crippen molar-refractivity contribution in [2.45, 2.75) is 12.7 Å². The molecule has 2 N–H and O–H groups in total. The van der Waals surface area contributed by atoms with Crippen LogP contribution in [0.3, 0.4) is 0 Å². The van der Waals surface area contributed by atoms with E-state index in [1.807, 2.05) is 0 Å². The summed E-state index contributed by atoms with van der Waals surface area (Å²) in [6.45, 7) is -1.22. The van der Waals surface area contributed by atoms with Crippen LogP contribution < -0.4 is 10.1 Å². The number of nitrogens with one attached hydrogen (secondary N) is 2. The lowest BCUT2D eigenvalue weighted by Gasteiger charge is -2.11. The van der Waals surface area contributed by atoms with Gasteiger partial charge in [0.25, 0.3) is 0 Å². The number of nitrogens with zero attached hydrogens (tertiary/aromatic N) is 3. The molecule has 4 rings (SSSR count). The molecule has 0 spiro atoms. The number of hydrogen-bond acceptors (Lipinski definition) is 6. The highest BCUT2D eigenvalue weighted by Crippen LogP contribution is 2.28. The number of furan rings is 1. The molecule has 0 amide bonds. The molecule has 0 saturated heterocycles. The van der Waals surface area contributed by atoms with Crippen LogP contribution in [0.25, 0.3) is 22.6 Å². The summed E-state index contributed by atoms with van der Waals surface area (Å²) in [5.41, 5.74) is 1.40. The Morgan fingerprint density at radius 2 is 1.90 bits per heavy atom. The van der Waals surface area contributed by atoms with Crippen LogP contribution >= 0.6 is 0 Å². The van der Waals surface area contributed by atoms with Crippen molar-refractivity contribution in [1.82, 2.24) is 20.6 Å². The first kappa shape index (κ1) is 18.7. The predicted molar refractivity (Wildman–Crippen MR) is 94.7 cm³/mol. The van der Waals surface area contributed by atoms with Gasteiger partial charge in [-0.2, -0.15) is 18.4 Å². The van der Waals surface area contributed by atoms with Gasteiger partial charge in [0.2, 0.25) is 5.82 Å². The molecule has 2 heterocycles. The molecule has 0 aliphatic carbocycles. The number of halogens is 4. The quantitative estimate of drug-likeness (QED) is 0.463. The van der Waals surface area contributed by atoms with Gasteiger partial charge in [-0.3, -0.25) is 0 Å². The summed E-state index contributed by atoms with van der Waals surface area (Å²) in [4.78, 5) is 0. The van der Waals surface area contributed by atoms with Crippen molar-refractivity contribution in [2.24, 2.45) is 0 Å². The second-order valence-corrected chi connectivity index (χ2v) is 6.11. The molecule has 0 saturated carbocycles. The zero-order chi connectivity index (χ0) is 20.4. The Kier molecular flexibility index (Phi) is 4.79. The average Bonchev–Trinajstić information content (AvgIpc) is 3.34. The van der Waals surface area contributed by atoms with Gasteiger partial charge in [-0.05, 0) is 47.7 Å². The molecule has 0 atom stereocenters. The highest BCUT2D eigenvalue weighted by molar-refractivity contribution is 5.82. The molecule has 2 aromatic carbocycles. The highest BCUT2D eigenvalue weighted by atomic mass is 19.4. The lowest BCUT2D eigenvalue weighted by atomic mass is 10.1. The van der Waals surface area contributed by atoms with E-state index in [1.165, 1.54) is 18.2 Å². The Morgan fingerprint density at radius 3 is 2.59 bits per heavy atom. The van der Waals surface area contributed by atoms with Gasteiger partial charge in [0.05, 0.1) is 0 Å². The van der Waals surface area contributed by atoms with Gasteiger partial charge in [-0.15, -0.1) is 10.2 Å². The first-order valence-electron chi connectivity index (χ1n) is 8.37. The number of rotatable bonds is 6. The number of alkyl halides is 3. The van der Waals surface area contributed by atoms with E-state index in [-0.39, 0.29) is 18.1 Å². The van der Waals surface area contributed by atoms with Crippen LogP contribution in [0.15, 0.2) is 46.9 Å². The van der Waals surface area contributed by atoms with Gasteiger partial charge in [0, 0.05) is 23.2 Å². The summed E-state index contributed by atoms with van der Waals surface area (Å²) in [6.07, 6.45) is -4.40. The van der Waals surface area contributed by atoms with Gasteiger partial charge < -0.3 is 14.5 Å². The molecule has 29 heavy (non-hydrogen) atoms. The van der Waals surface area contributed by atoms with E-state index in [4.69, 9.17) is 4.42 Å². The Hall–Kier alpha value is -3.63. The molecular formula is C18H13F4N5O2. The molecule has 0 aliphatic rings. The molecule has 0 aliphatic heterocycles. The number of aromatic amines is 1. The minimum Gasteiger partial charge on any atom is -0.484 e. The van der Waals surface area contributed by atoms with E-state index >= 15 is 0 Å². The maximum absolute atomic E-state index is 14.4. The zero-order valence-corrected chi connectivity index (χ0v) is 14.6. The Morgan fingerprint density at radius 1 is 1.10 bits per heavy atom. The van der Waals surface area contributed by atoms with Crippen molar-refractivity contribution in [2.75, 3.05) is 11.9 Å². The summed E-state index contributed by atoms with van der Waals surface area (Å²) in [5, 5.41) is 17.0. The smallest absolute Gasteiger partial charge is 0.422 e. The summed E-state index contributed by atoms with van der Waals surface area (Å²) in [7, 11) is 0. The molecule has 0 unspecified atom stereocenters. The second-order valence-electron chi connectivity index (χ2n) is 6.11. The summed E-state index contributed by atoms with van der Waals surface area (Å²) >= 11 is 0. The third-order valence-electron chi connectivity index (χ3n) is 3.99. The minimum absolute atomic E-state index is 0.0880. The SMILES string of the molecule is Fc1cc2cc(-c3nn[nH]n3)oc2cc1CNc1ccc(OCC(F)(F)F)cc1. The number of hydrogen-bond donors (Lipinski definition) is 2. The maximum atomic E-state index is 14.4. The lowest BCUT2D eigenvalue weighted by molar-refractivity contribution is -0.153. The fourth-order valence-corrected chi connectivity index (χ4v) is 2.64. The van der Waals surface area contributed by atoms with Gasteiger partial charge in [-0.25, -0.2) is 4.39 Å². The van der Waals surface area contributed by atoms with Crippen molar-refractivity contribution in [3.63, 3.8) is 0 Å². The van der Waals surface area contributed by atoms with Crippen molar-refractivity contribution in [3.8, 4) is 17.3 Å². The molecule has 2 aromatic heterocycles. The van der Waals surface area contributed by atoms with Crippen molar-refractivity contribution < 1.29 is 26.7 Å². The first-order valence-corrected chi connectivity index (χ1v) is 8.37. The second kappa shape index (κ2) is 7.41. The van der Waals surface area contributed by atoms with Crippen molar-refractivity contribution in [3.05, 3.63) is 53.8 Å². The van der Waals surface area contributed by atoms with Gasteiger partial charge in [0.15, 0.2) is 12.4 Å². The molecule has 11 heteroatoms. The lowest BCUT2D eigenvalue weighted by Crippen LogP contribution is -2.19. The van der Waals surface area contributed by atoms with Crippen LogP contribution in [0, 0.1) is 5.82 Å². The van der Waals surface area contributed by atoms with Crippen LogP contribution in [0.2, 0.25) is 0 Å². The fourth-order valence-electron chi connectivity index (χ4n) is 2.64. The van der Waals surface area contributed by atoms with Crippen molar-refractivity contribution in [1.29, 1.82) is 0 Å². The molecule has 0 radical (unpaired) electrons. The first-order chi connectivity index (χ1) is 13.9. The summed E-state index contributed by atoms with van der Waals surface area (Å²) in [6, 6.07) is 10.4. The van der Waals surface area contributed by atoms with E-state index in [2.05, 4.69) is 30.7 Å². The number of fused-ring (bicyclic) bond motifs is 1. The van der Waals surface area contributed by atoms with Crippen LogP contribution in [0.4, 0.5) is 23.2 Å². The third-order valence-corrected chi connectivity index (χ3v) is 3.99. The van der Waals surface area contributed by atoms with E-state index in [1.54, 1.807) is 24.3 Å². The summed E-state index contributed by atoms with van der Waals surface area (Å²) in [5.74, 6) is 0.266. The van der Waals surface area contributed by atoms with E-state index in [0.717, 1.165) is 0 Å². The molecule has 0 bridgehead atoms. The zero-order valence-electron chi connectivity index (χ0n) is 14.6. The number of tetrazole rings is 1. The van der Waals surface area contributed by atoms with Crippen LogP contribution in [0.5, 0.6) is 5.75 Å². The fraction of sp³-hybridized carbons (Fsp3) is 0.167. The van der Waals surface area contributed by atoms with Crippen LogP contribution in [-0.4, -0.2) is 33.4 Å². The maximum Gasteiger partial charge on any atom is 0.422 e. The third kappa shape index (κ3) is 4.45. The molecule has 0 fully saturated rings. The average molecular weight is 407 g/mol. The number of aromatic nitrogens is 4. The van der Waals surface area contributed by atoms with Gasteiger partial charge >= 0.3 is 6.18 Å². The van der Waals surface area contributed by atoms with E-state index < -0.39 is 18.6 Å². The van der Waals surface area contributed by atoms with E-state index in [0.29, 0.717) is 28.0 Å². The molecule has 150 valence electrons. The Labute approximate surface area is 160 Å². The van der Waals surface area contributed by atoms with Gasteiger partial charge in [0.1, 0.15) is 17.1 Å². The standard InChI is InChI=1S/C18H13F4N5O2/c19-14-5-10-6-16(17-24-26-27-25-17)29-15(10)7-11(14)8-23-12-1-3-13(4-2-12)28-9-18(20,21)22/h1-7,23H,8-9H2,(H,24,25,26,27). The number of ether oxygens (including phenoxy) is 1. The monoisotopic (exact) mass is 407 g/mol. The van der Waals surface area contributed by atoms with E-state index in [9.17, 15) is 17.6 Å². The Balaban J connectivity index is 1.44. The summed E-state index contributed by atoms with van der Waals surface area (Å²) < 4.78 is 61.2. The largest absolute Gasteiger partial charge is 0.484 e. The topological polar surface area (TPSA) is 88.9 Å². The number of benzene rings is 2. The Bertz CT molecular complexity index is 1110. The highest BCUT2D eigenvalue weighted by Gasteiger charge is 2.28. The minimum atomic E-state index is -4.40. The molecule has 7 nitrogen and oxygen atoms in total. The number of H-pyrrole nitrogens is 1. The number of anilines is 1. The van der Waals surface area contributed by atoms with Crippen LogP contribution in [-0.2, 0) is 6.54 Å². The van der Waals surface area contributed by atoms with Crippen LogP contribution in [0.1, 0.15) is 5.56 Å². The van der Waals surface area contributed by atoms with Crippen molar-refractivity contribution >= 4 is 16.7 Å². The molecular weight excluding hydrogens is 394 g/mol. The molecule has 4 aromatic rings. The normalized spacial score (nSPS) is 11.7.